The van der Waals surface area contributed by atoms with Gasteiger partial charge in [-0.1, -0.05) is 11.6 Å². The number of piperazine rings is 1. The number of piperidine rings is 1. The summed E-state index contributed by atoms with van der Waals surface area (Å²) in [5.41, 5.74) is 0.491. The first kappa shape index (κ1) is 27.8. The Morgan fingerprint density at radius 1 is 0.865 bits per heavy atom. The lowest BCUT2D eigenvalue weighted by Gasteiger charge is -2.31. The fraction of sp³-hybridized carbons (Fsp3) is 0.458. The van der Waals surface area contributed by atoms with Crippen LogP contribution in [-0.2, 0) is 24.8 Å². The van der Waals surface area contributed by atoms with Crippen LogP contribution in [0.15, 0.2) is 52.3 Å². The summed E-state index contributed by atoms with van der Waals surface area (Å²) in [6, 6.07) is 10.5. The molecule has 37 heavy (non-hydrogen) atoms. The number of nitrogens with one attached hydrogen (secondary N) is 1. The Labute approximate surface area is 223 Å². The van der Waals surface area contributed by atoms with Crippen LogP contribution in [0.25, 0.3) is 0 Å². The van der Waals surface area contributed by atoms with E-state index in [0.717, 1.165) is 0 Å². The zero-order chi connectivity index (χ0) is 26.8. The Morgan fingerprint density at radius 2 is 1.41 bits per heavy atom. The number of nitrogens with zero attached hydrogens (tertiary/aromatic N) is 3. The zero-order valence-electron chi connectivity index (χ0n) is 20.8. The lowest BCUT2D eigenvalue weighted by atomic mass is 9.97. The van der Waals surface area contributed by atoms with Crippen molar-refractivity contribution in [2.75, 3.05) is 58.7 Å². The second-order valence-corrected chi connectivity index (χ2v) is 13.5. The zero-order valence-corrected chi connectivity index (χ0v) is 23.2. The van der Waals surface area contributed by atoms with Crippen LogP contribution in [0.3, 0.4) is 0 Å². The number of anilines is 1. The Bertz CT molecular complexity index is 1340. The van der Waals surface area contributed by atoms with Gasteiger partial charge < -0.3 is 15.0 Å². The van der Waals surface area contributed by atoms with E-state index in [9.17, 15) is 21.6 Å². The van der Waals surface area contributed by atoms with E-state index < -0.39 is 20.0 Å². The summed E-state index contributed by atoms with van der Waals surface area (Å²) in [5, 5.41) is 3.04. The van der Waals surface area contributed by atoms with Crippen LogP contribution in [-0.4, -0.2) is 89.7 Å². The van der Waals surface area contributed by atoms with Gasteiger partial charge in [0.05, 0.1) is 21.9 Å². The molecule has 2 saturated heterocycles. The van der Waals surface area contributed by atoms with E-state index in [1.165, 1.54) is 46.1 Å². The molecule has 0 radical (unpaired) electrons. The number of carbonyl (C=O) groups excluding carboxylic acids is 1. The molecule has 4 rings (SSSR count). The molecule has 1 N–H and O–H groups in total. The van der Waals surface area contributed by atoms with Gasteiger partial charge in [-0.15, -0.1) is 0 Å². The van der Waals surface area contributed by atoms with Gasteiger partial charge in [0.1, 0.15) is 5.75 Å². The highest BCUT2D eigenvalue weighted by Crippen LogP contribution is 2.30. The molecule has 0 aromatic heterocycles. The summed E-state index contributed by atoms with van der Waals surface area (Å²) in [6.07, 6.45) is 0.732. The lowest BCUT2D eigenvalue weighted by molar-refractivity contribution is -0.120. The standard InChI is InChI=1S/C24H31ClN4O6S2/c1-27-13-15-29(16-14-27)36(31,32)20-5-3-19(4-6-20)26-24(30)18-9-11-28(12-10-18)37(33,34)21-7-8-23(35-2)22(25)17-21/h3-8,17-18H,9-16H2,1-2H3,(H,26,30). The molecule has 13 heteroatoms. The maximum atomic E-state index is 13.0. The number of benzene rings is 2. The van der Waals surface area contributed by atoms with Crippen LogP contribution < -0.4 is 10.1 Å². The molecular formula is C24H31ClN4O6S2. The fourth-order valence-electron chi connectivity index (χ4n) is 4.45. The van der Waals surface area contributed by atoms with E-state index in [2.05, 4.69) is 10.2 Å². The first-order valence-electron chi connectivity index (χ1n) is 12.0. The summed E-state index contributed by atoms with van der Waals surface area (Å²) >= 11 is 6.10. The number of likely N-dealkylation sites (N-methyl/N-ethyl adjacent to an activating group) is 1. The van der Waals surface area contributed by atoms with Crippen molar-refractivity contribution >= 4 is 43.2 Å². The molecule has 0 bridgehead atoms. The number of halogens is 1. The average molecular weight is 571 g/mol. The van der Waals surface area contributed by atoms with Gasteiger partial charge in [0.25, 0.3) is 0 Å². The highest BCUT2D eigenvalue weighted by Gasteiger charge is 2.33. The average Bonchev–Trinajstić information content (AvgIpc) is 2.89. The van der Waals surface area contributed by atoms with Crippen LogP contribution in [0.2, 0.25) is 5.02 Å². The van der Waals surface area contributed by atoms with Crippen LogP contribution in [0, 0.1) is 5.92 Å². The summed E-state index contributed by atoms with van der Waals surface area (Å²) in [7, 11) is -3.92. The molecule has 0 atom stereocenters. The van der Waals surface area contributed by atoms with Crippen molar-refractivity contribution in [3.63, 3.8) is 0 Å². The van der Waals surface area contributed by atoms with Crippen molar-refractivity contribution in [3.8, 4) is 5.75 Å². The van der Waals surface area contributed by atoms with E-state index in [1.807, 2.05) is 7.05 Å². The number of amides is 1. The third-order valence-corrected chi connectivity index (χ3v) is 10.9. The molecule has 2 aromatic rings. The maximum Gasteiger partial charge on any atom is 0.243 e. The van der Waals surface area contributed by atoms with Gasteiger partial charge in [0.2, 0.25) is 26.0 Å². The summed E-state index contributed by atoms with van der Waals surface area (Å²) in [6.45, 7) is 2.65. The molecule has 2 aliphatic heterocycles. The van der Waals surface area contributed by atoms with Gasteiger partial charge in [-0.3, -0.25) is 4.79 Å². The molecule has 2 fully saturated rings. The largest absolute Gasteiger partial charge is 0.495 e. The number of sulfonamides is 2. The van der Waals surface area contributed by atoms with E-state index in [1.54, 1.807) is 12.1 Å². The Morgan fingerprint density at radius 3 is 1.97 bits per heavy atom. The van der Waals surface area contributed by atoms with Crippen LogP contribution >= 0.6 is 11.6 Å². The quantitative estimate of drug-likeness (QED) is 0.543. The Kier molecular flexibility index (Phi) is 8.46. The predicted octanol–water partition coefficient (Wildman–Crippen LogP) is 2.32. The number of methoxy groups -OCH3 is 1. The normalized spacial score (nSPS) is 19.0. The number of carbonyl (C=O) groups is 1. The molecule has 0 aliphatic carbocycles. The Balaban J connectivity index is 1.34. The van der Waals surface area contributed by atoms with Crippen molar-refractivity contribution in [1.82, 2.24) is 13.5 Å². The Hall–Kier alpha value is -2.22. The van der Waals surface area contributed by atoms with Crippen molar-refractivity contribution in [2.24, 2.45) is 5.92 Å². The predicted molar refractivity (Wildman–Crippen MR) is 141 cm³/mol. The topological polar surface area (TPSA) is 116 Å². The maximum absolute atomic E-state index is 13.0. The molecule has 1 amide bonds. The minimum atomic E-state index is -3.75. The molecule has 2 aromatic carbocycles. The minimum Gasteiger partial charge on any atom is -0.495 e. The molecule has 0 saturated carbocycles. The molecule has 10 nitrogen and oxygen atoms in total. The molecule has 0 unspecified atom stereocenters. The molecule has 2 heterocycles. The number of hydrogen-bond acceptors (Lipinski definition) is 7. The van der Waals surface area contributed by atoms with Crippen molar-refractivity contribution in [2.45, 2.75) is 22.6 Å². The highest BCUT2D eigenvalue weighted by atomic mass is 35.5. The number of rotatable bonds is 7. The van der Waals surface area contributed by atoms with Gasteiger partial charge in [0, 0.05) is 50.9 Å². The number of ether oxygens (including phenoxy) is 1. The van der Waals surface area contributed by atoms with E-state index in [0.29, 0.717) is 50.5 Å². The molecule has 2 aliphatic rings. The van der Waals surface area contributed by atoms with E-state index in [4.69, 9.17) is 16.3 Å². The minimum absolute atomic E-state index is 0.0767. The van der Waals surface area contributed by atoms with E-state index in [-0.39, 0.29) is 39.7 Å². The second-order valence-electron chi connectivity index (χ2n) is 9.20. The number of hydrogen-bond donors (Lipinski definition) is 1. The monoisotopic (exact) mass is 570 g/mol. The van der Waals surface area contributed by atoms with Crippen molar-refractivity contribution in [3.05, 3.63) is 47.5 Å². The molecule has 202 valence electrons. The van der Waals surface area contributed by atoms with Gasteiger partial charge in [-0.25, -0.2) is 16.8 Å². The highest BCUT2D eigenvalue weighted by molar-refractivity contribution is 7.89. The van der Waals surface area contributed by atoms with Crippen molar-refractivity contribution in [1.29, 1.82) is 0 Å². The van der Waals surface area contributed by atoms with Crippen LogP contribution in [0.4, 0.5) is 5.69 Å². The van der Waals surface area contributed by atoms with Gasteiger partial charge in [-0.05, 0) is 62.4 Å². The smallest absolute Gasteiger partial charge is 0.243 e. The third-order valence-electron chi connectivity index (χ3n) is 6.81. The first-order valence-corrected chi connectivity index (χ1v) is 15.2. The van der Waals surface area contributed by atoms with Gasteiger partial charge in [-0.2, -0.15) is 8.61 Å². The fourth-order valence-corrected chi connectivity index (χ4v) is 7.69. The summed E-state index contributed by atoms with van der Waals surface area (Å²) in [4.78, 5) is 15.2. The third kappa shape index (κ3) is 6.10. The van der Waals surface area contributed by atoms with Crippen LogP contribution in [0.5, 0.6) is 5.75 Å². The first-order chi connectivity index (χ1) is 17.5. The second kappa shape index (κ2) is 11.3. The molecular weight excluding hydrogens is 540 g/mol. The molecule has 0 spiro atoms. The van der Waals surface area contributed by atoms with Crippen molar-refractivity contribution < 1.29 is 26.4 Å². The van der Waals surface area contributed by atoms with Crippen LogP contribution in [0.1, 0.15) is 12.8 Å². The van der Waals surface area contributed by atoms with E-state index >= 15 is 0 Å². The van der Waals surface area contributed by atoms with Gasteiger partial charge in [0.15, 0.2) is 0 Å². The van der Waals surface area contributed by atoms with Gasteiger partial charge >= 0.3 is 0 Å². The summed E-state index contributed by atoms with van der Waals surface area (Å²) in [5.74, 6) is -0.195. The SMILES string of the molecule is COc1ccc(S(=O)(=O)N2CCC(C(=O)Nc3ccc(S(=O)(=O)N4CCN(C)CC4)cc3)CC2)cc1Cl. The lowest BCUT2D eigenvalue weighted by Crippen LogP contribution is -2.46. The summed E-state index contributed by atoms with van der Waals surface area (Å²) < 4.78 is 59.7.